The molecule has 0 atom stereocenters. The van der Waals surface area contributed by atoms with E-state index in [2.05, 4.69) is 104 Å². The molecule has 0 saturated carbocycles. The molecule has 0 spiro atoms. The molecule has 0 aromatic heterocycles. The lowest BCUT2D eigenvalue weighted by molar-refractivity contribution is 0.231. The topological polar surface area (TPSA) is 6.48 Å². The molecule has 0 saturated heterocycles. The molecule has 3 heteroatoms. The highest BCUT2D eigenvalue weighted by Crippen LogP contribution is 2.32. The Hall–Kier alpha value is -1.39. The Balaban J connectivity index is 0.00000576. The molecule has 0 bridgehead atoms. The van der Waals surface area contributed by atoms with Crippen LogP contribution in [0.2, 0.25) is 0 Å². The van der Waals surface area contributed by atoms with Gasteiger partial charge in [0.05, 0.1) is 6.54 Å². The molecular weight excluding hydrogens is 312 g/mol. The van der Waals surface area contributed by atoms with Crippen molar-refractivity contribution in [3.05, 3.63) is 35.9 Å². The normalized spacial score (nSPS) is 11.7. The smallest absolute Gasteiger partial charge is 0.0729 e. The zero-order valence-electron chi connectivity index (χ0n) is 16.1. The highest BCUT2D eigenvalue weighted by atomic mass is 32.2. The third kappa shape index (κ3) is 7.45. The van der Waals surface area contributed by atoms with Gasteiger partial charge in [0, 0.05) is 31.2 Å². The fraction of sp³-hybridized carbons (Fsp3) is 0.524. The molecule has 0 heterocycles. The molecule has 132 valence electrons. The monoisotopic (exact) mass is 344 g/mol. The van der Waals surface area contributed by atoms with Crippen LogP contribution in [0, 0.1) is 23.7 Å². The molecule has 0 aliphatic carbocycles. The summed E-state index contributed by atoms with van der Waals surface area (Å²) < 4.78 is 4.74. The Bertz CT molecular complexity index is 622. The molecule has 0 aliphatic rings. The van der Waals surface area contributed by atoms with Crippen LogP contribution in [0.1, 0.15) is 55.5 Å². The van der Waals surface area contributed by atoms with E-state index in [1.165, 1.54) is 5.56 Å². The summed E-state index contributed by atoms with van der Waals surface area (Å²) >= 11 is 1.77. The molecule has 1 rings (SSSR count). The van der Waals surface area contributed by atoms with Crippen LogP contribution < -0.4 is 0 Å². The highest BCUT2D eigenvalue weighted by Gasteiger charge is 2.29. The molecule has 0 amide bonds. The van der Waals surface area contributed by atoms with E-state index in [1.807, 2.05) is 6.92 Å². The number of hydrogen-bond donors (Lipinski definition) is 0. The number of nitrogens with zero attached hydrogens (tertiary/aromatic N) is 2. The third-order valence-electron chi connectivity index (χ3n) is 3.36. The second-order valence-electron chi connectivity index (χ2n) is 7.66. The van der Waals surface area contributed by atoms with E-state index in [4.69, 9.17) is 0 Å². The fourth-order valence-corrected chi connectivity index (χ4v) is 2.92. The molecular formula is C21H32N2S. The number of hydrogen-bond acceptors (Lipinski definition) is 3. The molecule has 1 aromatic carbocycles. The number of rotatable bonds is 5. The van der Waals surface area contributed by atoms with E-state index in [1.54, 1.807) is 12.1 Å². The molecule has 0 radical (unpaired) electrons. The first kappa shape index (κ1) is 20.7. The zero-order valence-corrected chi connectivity index (χ0v) is 16.9. The van der Waals surface area contributed by atoms with Gasteiger partial charge in [-0.3, -0.25) is 0 Å². The van der Waals surface area contributed by atoms with Gasteiger partial charge in [0.15, 0.2) is 0 Å². The van der Waals surface area contributed by atoms with Crippen molar-refractivity contribution in [3.63, 3.8) is 0 Å². The van der Waals surface area contributed by atoms with E-state index in [0.29, 0.717) is 6.54 Å². The van der Waals surface area contributed by atoms with Crippen molar-refractivity contribution in [2.75, 3.05) is 6.54 Å². The third-order valence-corrected chi connectivity index (χ3v) is 5.11. The van der Waals surface area contributed by atoms with Gasteiger partial charge in [-0.05, 0) is 65.9 Å². The average molecular weight is 345 g/mol. The van der Waals surface area contributed by atoms with Crippen LogP contribution in [0.5, 0.6) is 0 Å². The van der Waals surface area contributed by atoms with Crippen molar-refractivity contribution < 1.29 is 1.43 Å². The van der Waals surface area contributed by atoms with Crippen molar-refractivity contribution in [3.8, 4) is 23.7 Å². The van der Waals surface area contributed by atoms with Crippen LogP contribution in [0.25, 0.3) is 0 Å². The van der Waals surface area contributed by atoms with Crippen LogP contribution in [-0.2, 0) is 6.54 Å². The quantitative estimate of drug-likeness (QED) is 0.534. The Labute approximate surface area is 154 Å². The summed E-state index contributed by atoms with van der Waals surface area (Å²) in [6, 6.07) is 10.6. The summed E-state index contributed by atoms with van der Waals surface area (Å²) in [6.45, 7) is 16.8. The first-order chi connectivity index (χ1) is 11.1. The first-order valence-electron chi connectivity index (χ1n) is 8.31. The van der Waals surface area contributed by atoms with E-state index in [-0.39, 0.29) is 12.5 Å². The van der Waals surface area contributed by atoms with Crippen molar-refractivity contribution in [1.29, 1.82) is 0 Å². The summed E-state index contributed by atoms with van der Waals surface area (Å²) in [6.07, 6.45) is 0. The maximum atomic E-state index is 3.17. The minimum atomic E-state index is 0. The summed E-state index contributed by atoms with van der Waals surface area (Å²) in [4.78, 5) is 0. The Morgan fingerprint density at radius 1 is 0.917 bits per heavy atom. The van der Waals surface area contributed by atoms with Crippen molar-refractivity contribution in [2.24, 2.45) is 0 Å². The van der Waals surface area contributed by atoms with Crippen LogP contribution in [0.15, 0.2) is 30.3 Å². The first-order valence-corrected chi connectivity index (χ1v) is 9.04. The molecule has 1 aromatic rings. The minimum Gasteiger partial charge on any atom is -0.227 e. The van der Waals surface area contributed by atoms with Crippen molar-refractivity contribution >= 4 is 12.1 Å². The fourth-order valence-electron chi connectivity index (χ4n) is 1.86. The second kappa shape index (κ2) is 9.19. The summed E-state index contributed by atoms with van der Waals surface area (Å²) in [5, 5.41) is 0. The average Bonchev–Trinajstić information content (AvgIpc) is 2.48. The van der Waals surface area contributed by atoms with Crippen molar-refractivity contribution in [2.45, 2.75) is 66.1 Å². The predicted molar refractivity (Wildman–Crippen MR) is 109 cm³/mol. The predicted octanol–water partition coefficient (Wildman–Crippen LogP) is 5.22. The molecule has 0 aliphatic heterocycles. The Kier molecular flexibility index (Phi) is 7.91. The molecule has 24 heavy (non-hydrogen) atoms. The lowest BCUT2D eigenvalue weighted by atomic mass is 10.1. The Morgan fingerprint density at radius 3 is 2.00 bits per heavy atom. The van der Waals surface area contributed by atoms with Crippen molar-refractivity contribution in [1.82, 2.24) is 8.61 Å². The van der Waals surface area contributed by atoms with Crippen LogP contribution in [0.4, 0.5) is 0 Å². The standard InChI is InChI=1S/C21H30N2S.H2/c1-8-9-10-14-17-22(20(2,3)4)24-23(21(5,6)7)18-19-15-12-11-13-16-19;/h11-13,15-16H,17-18H2,1-7H3;1H. The molecule has 0 fully saturated rings. The maximum absolute atomic E-state index is 3.17. The van der Waals surface area contributed by atoms with Gasteiger partial charge in [-0.2, -0.15) is 0 Å². The zero-order chi connectivity index (χ0) is 18.2. The number of benzene rings is 1. The molecule has 0 N–H and O–H groups in total. The van der Waals surface area contributed by atoms with E-state index >= 15 is 0 Å². The van der Waals surface area contributed by atoms with Crippen LogP contribution >= 0.6 is 12.1 Å². The van der Waals surface area contributed by atoms with Gasteiger partial charge in [-0.25, -0.2) is 8.61 Å². The Morgan fingerprint density at radius 2 is 1.50 bits per heavy atom. The van der Waals surface area contributed by atoms with Gasteiger partial charge in [0.25, 0.3) is 0 Å². The SMILES string of the molecule is CC#CC#CCN(SN(Cc1ccccc1)C(C)(C)C)C(C)(C)C.[HH]. The van der Waals surface area contributed by atoms with Crippen LogP contribution in [-0.4, -0.2) is 26.2 Å². The summed E-state index contributed by atoms with van der Waals surface area (Å²) in [7, 11) is 0. The van der Waals surface area contributed by atoms with E-state index < -0.39 is 0 Å². The van der Waals surface area contributed by atoms with Gasteiger partial charge >= 0.3 is 0 Å². The van der Waals surface area contributed by atoms with Gasteiger partial charge < -0.3 is 0 Å². The lowest BCUT2D eigenvalue weighted by Gasteiger charge is -2.41. The second-order valence-corrected chi connectivity index (χ2v) is 8.70. The molecule has 2 nitrogen and oxygen atoms in total. The van der Waals surface area contributed by atoms with Crippen LogP contribution in [0.3, 0.4) is 0 Å². The van der Waals surface area contributed by atoms with Gasteiger partial charge in [0.1, 0.15) is 0 Å². The van der Waals surface area contributed by atoms with E-state index in [0.717, 1.165) is 6.54 Å². The van der Waals surface area contributed by atoms with Gasteiger partial charge in [0.2, 0.25) is 0 Å². The summed E-state index contributed by atoms with van der Waals surface area (Å²) in [5.74, 6) is 11.7. The lowest BCUT2D eigenvalue weighted by Crippen LogP contribution is -2.44. The minimum absolute atomic E-state index is 0. The van der Waals surface area contributed by atoms with Gasteiger partial charge in [-0.1, -0.05) is 42.2 Å². The molecule has 0 unspecified atom stereocenters. The highest BCUT2D eigenvalue weighted by molar-refractivity contribution is 7.94. The van der Waals surface area contributed by atoms with E-state index in [9.17, 15) is 0 Å². The summed E-state index contributed by atoms with van der Waals surface area (Å²) in [5.41, 5.74) is 1.37. The maximum Gasteiger partial charge on any atom is 0.0729 e. The van der Waals surface area contributed by atoms with Gasteiger partial charge in [-0.15, -0.1) is 0 Å². The largest absolute Gasteiger partial charge is 0.227 e.